The molecular formula is C11H23N3O. The van der Waals surface area contributed by atoms with Crippen molar-refractivity contribution >= 4 is 5.84 Å². The molecule has 2 atom stereocenters. The lowest BCUT2D eigenvalue weighted by Gasteiger charge is -2.39. The van der Waals surface area contributed by atoms with Crippen molar-refractivity contribution in [3.63, 3.8) is 0 Å². The van der Waals surface area contributed by atoms with E-state index in [-0.39, 0.29) is 0 Å². The predicted molar refractivity (Wildman–Crippen MR) is 62.1 cm³/mol. The van der Waals surface area contributed by atoms with Crippen LogP contribution in [0.15, 0.2) is 5.16 Å². The lowest BCUT2D eigenvalue weighted by atomic mass is 9.97. The highest BCUT2D eigenvalue weighted by Gasteiger charge is 2.23. The Morgan fingerprint density at radius 3 is 2.53 bits per heavy atom. The molecule has 4 heteroatoms. The lowest BCUT2D eigenvalue weighted by Crippen LogP contribution is -2.44. The topological polar surface area (TPSA) is 61.8 Å². The second-order valence-corrected chi connectivity index (χ2v) is 4.56. The van der Waals surface area contributed by atoms with E-state index in [1.807, 2.05) is 0 Å². The maximum Gasteiger partial charge on any atom is 0.139 e. The van der Waals surface area contributed by atoms with Gasteiger partial charge in [0.25, 0.3) is 0 Å². The third-order valence-electron chi connectivity index (χ3n) is 3.35. The van der Waals surface area contributed by atoms with Crippen molar-refractivity contribution in [2.45, 2.75) is 58.0 Å². The van der Waals surface area contributed by atoms with Crippen LogP contribution < -0.4 is 5.73 Å². The molecule has 88 valence electrons. The van der Waals surface area contributed by atoms with Crippen LogP contribution in [0.3, 0.4) is 0 Å². The van der Waals surface area contributed by atoms with Gasteiger partial charge in [0.2, 0.25) is 0 Å². The molecule has 1 aliphatic heterocycles. The highest BCUT2D eigenvalue weighted by atomic mass is 16.4. The van der Waals surface area contributed by atoms with Crippen LogP contribution in [-0.2, 0) is 0 Å². The Hall–Kier alpha value is -0.770. The summed E-state index contributed by atoms with van der Waals surface area (Å²) in [7, 11) is 0. The molecule has 0 aliphatic carbocycles. The maximum atomic E-state index is 8.43. The minimum absolute atomic E-state index is 0.340. The van der Waals surface area contributed by atoms with E-state index < -0.39 is 0 Å². The van der Waals surface area contributed by atoms with Crippen molar-refractivity contribution in [1.29, 1.82) is 0 Å². The fraction of sp³-hybridized carbons (Fsp3) is 0.909. The highest BCUT2D eigenvalue weighted by Crippen LogP contribution is 2.22. The third-order valence-corrected chi connectivity index (χ3v) is 3.35. The van der Waals surface area contributed by atoms with E-state index in [2.05, 4.69) is 23.9 Å². The van der Waals surface area contributed by atoms with E-state index in [1.165, 1.54) is 19.3 Å². The Bertz CT molecular complexity index is 208. The van der Waals surface area contributed by atoms with Crippen molar-refractivity contribution < 1.29 is 5.21 Å². The molecule has 0 aromatic heterocycles. The summed E-state index contributed by atoms with van der Waals surface area (Å²) in [6.45, 7) is 5.64. The Morgan fingerprint density at radius 1 is 1.40 bits per heavy atom. The van der Waals surface area contributed by atoms with Gasteiger partial charge in [0, 0.05) is 18.5 Å². The van der Waals surface area contributed by atoms with Crippen molar-refractivity contribution in [2.75, 3.05) is 6.54 Å². The van der Waals surface area contributed by atoms with Crippen LogP contribution in [0.5, 0.6) is 0 Å². The van der Waals surface area contributed by atoms with Crippen molar-refractivity contribution in [1.82, 2.24) is 4.90 Å². The van der Waals surface area contributed by atoms with Crippen molar-refractivity contribution in [3.8, 4) is 0 Å². The maximum absolute atomic E-state index is 8.43. The Balaban J connectivity index is 2.29. The molecule has 0 amide bonds. The van der Waals surface area contributed by atoms with Crippen LogP contribution >= 0.6 is 0 Å². The number of likely N-dealkylation sites (tertiary alicyclic amines) is 1. The Kier molecular flexibility index (Phi) is 4.88. The highest BCUT2D eigenvalue weighted by molar-refractivity contribution is 5.79. The molecule has 4 nitrogen and oxygen atoms in total. The number of rotatable bonds is 4. The van der Waals surface area contributed by atoms with Gasteiger partial charge in [-0.2, -0.15) is 0 Å². The number of amidine groups is 1. The first kappa shape index (κ1) is 12.3. The fourth-order valence-corrected chi connectivity index (χ4v) is 2.41. The van der Waals surface area contributed by atoms with Gasteiger partial charge in [0.1, 0.15) is 5.84 Å². The fourth-order valence-electron chi connectivity index (χ4n) is 2.41. The Morgan fingerprint density at radius 2 is 2.00 bits per heavy atom. The second kappa shape index (κ2) is 5.95. The first-order chi connectivity index (χ1) is 7.15. The van der Waals surface area contributed by atoms with Crippen LogP contribution in [0.4, 0.5) is 0 Å². The molecule has 0 aromatic rings. The molecule has 1 saturated heterocycles. The van der Waals surface area contributed by atoms with Crippen molar-refractivity contribution in [2.24, 2.45) is 10.9 Å². The van der Waals surface area contributed by atoms with Gasteiger partial charge in [-0.15, -0.1) is 0 Å². The van der Waals surface area contributed by atoms with Gasteiger partial charge in [0.15, 0.2) is 0 Å². The molecule has 1 aliphatic rings. The molecule has 1 fully saturated rings. The monoisotopic (exact) mass is 213 g/mol. The number of oxime groups is 1. The Labute approximate surface area is 92.1 Å². The minimum atomic E-state index is 0.340. The zero-order valence-electron chi connectivity index (χ0n) is 9.82. The largest absolute Gasteiger partial charge is 0.409 e. The van der Waals surface area contributed by atoms with Crippen molar-refractivity contribution in [3.05, 3.63) is 0 Å². The zero-order chi connectivity index (χ0) is 11.3. The van der Waals surface area contributed by atoms with E-state index in [1.54, 1.807) is 0 Å². The summed E-state index contributed by atoms with van der Waals surface area (Å²) in [6, 6.07) is 1.36. The minimum Gasteiger partial charge on any atom is -0.409 e. The zero-order valence-corrected chi connectivity index (χ0v) is 9.82. The predicted octanol–water partition coefficient (Wildman–Crippen LogP) is 1.78. The molecule has 1 rings (SSSR count). The van der Waals surface area contributed by atoms with Gasteiger partial charge < -0.3 is 10.9 Å². The van der Waals surface area contributed by atoms with E-state index in [0.29, 0.717) is 24.3 Å². The number of nitrogens with two attached hydrogens (primary N) is 1. The SMILES string of the molecule is C[C@@H]1CCC[C@H](C)N1CCCC(N)=NO. The van der Waals surface area contributed by atoms with E-state index in [9.17, 15) is 0 Å². The number of hydrogen-bond donors (Lipinski definition) is 2. The molecule has 3 N–H and O–H groups in total. The molecule has 0 spiro atoms. The molecule has 1 heterocycles. The smallest absolute Gasteiger partial charge is 0.139 e. The summed E-state index contributed by atoms with van der Waals surface area (Å²) in [5, 5.41) is 11.4. The first-order valence-electron chi connectivity index (χ1n) is 5.87. The summed E-state index contributed by atoms with van der Waals surface area (Å²) in [4.78, 5) is 2.54. The molecule has 15 heavy (non-hydrogen) atoms. The van der Waals surface area contributed by atoms with Crippen LogP contribution in [-0.4, -0.2) is 34.6 Å². The molecule has 0 bridgehead atoms. The molecule has 0 unspecified atom stereocenters. The van der Waals surface area contributed by atoms with Gasteiger partial charge in [-0.1, -0.05) is 11.6 Å². The normalized spacial score (nSPS) is 29.3. The summed E-state index contributed by atoms with van der Waals surface area (Å²) in [5.74, 6) is 0.340. The quantitative estimate of drug-likeness (QED) is 0.324. The number of piperidine rings is 1. The van der Waals surface area contributed by atoms with Crippen LogP contribution in [0, 0.1) is 0 Å². The molecule has 0 saturated carbocycles. The van der Waals surface area contributed by atoms with Crippen LogP contribution in [0.25, 0.3) is 0 Å². The standard InChI is InChI=1S/C11H23N3O/c1-9-5-3-6-10(2)14(9)8-4-7-11(12)13-15/h9-10,15H,3-8H2,1-2H3,(H2,12,13)/t9-,10+. The average molecular weight is 213 g/mol. The summed E-state index contributed by atoms with van der Waals surface area (Å²) in [5.41, 5.74) is 5.44. The number of nitrogens with zero attached hydrogens (tertiary/aromatic N) is 2. The van der Waals surface area contributed by atoms with Gasteiger partial charge in [-0.3, -0.25) is 4.90 Å². The van der Waals surface area contributed by atoms with Gasteiger partial charge >= 0.3 is 0 Å². The third kappa shape index (κ3) is 3.70. The van der Waals surface area contributed by atoms with Gasteiger partial charge in [0.05, 0.1) is 0 Å². The van der Waals surface area contributed by atoms with E-state index in [4.69, 9.17) is 10.9 Å². The number of hydrogen-bond acceptors (Lipinski definition) is 3. The van der Waals surface area contributed by atoms with Crippen LogP contribution in [0.2, 0.25) is 0 Å². The van der Waals surface area contributed by atoms with Gasteiger partial charge in [-0.05, 0) is 39.7 Å². The molecule has 0 radical (unpaired) electrons. The van der Waals surface area contributed by atoms with E-state index in [0.717, 1.165) is 13.0 Å². The van der Waals surface area contributed by atoms with Gasteiger partial charge in [-0.25, -0.2) is 0 Å². The summed E-state index contributed by atoms with van der Waals surface area (Å²) in [6.07, 6.45) is 5.61. The summed E-state index contributed by atoms with van der Waals surface area (Å²) >= 11 is 0. The van der Waals surface area contributed by atoms with Crippen LogP contribution in [0.1, 0.15) is 46.0 Å². The summed E-state index contributed by atoms with van der Waals surface area (Å²) < 4.78 is 0. The first-order valence-corrected chi connectivity index (χ1v) is 5.87. The molecule has 0 aromatic carbocycles. The average Bonchev–Trinajstić information content (AvgIpc) is 2.22. The second-order valence-electron chi connectivity index (χ2n) is 4.56. The lowest BCUT2D eigenvalue weighted by molar-refractivity contribution is 0.103. The molecular weight excluding hydrogens is 190 g/mol. The van der Waals surface area contributed by atoms with E-state index >= 15 is 0 Å².